The smallest absolute Gasteiger partial charge is 0.418 e. The van der Waals surface area contributed by atoms with Gasteiger partial charge in [0.25, 0.3) is 22.6 Å². The molecule has 0 heterocycles. The van der Waals surface area contributed by atoms with E-state index in [9.17, 15) is 17.3 Å². The van der Waals surface area contributed by atoms with Gasteiger partial charge in [-0.3, -0.25) is 0 Å². The number of hydrogen-bond acceptors (Lipinski definition) is 0. The van der Waals surface area contributed by atoms with Gasteiger partial charge in [-0.2, -0.15) is 0 Å². The Kier molecular flexibility index (Phi) is 6.16. The van der Waals surface area contributed by atoms with E-state index >= 15 is 0 Å². The highest BCUT2D eigenvalue weighted by atomic mass is 127. The van der Waals surface area contributed by atoms with Gasteiger partial charge in [0.15, 0.2) is 0 Å². The van der Waals surface area contributed by atoms with Gasteiger partial charge in [-0.15, -0.1) is 0 Å². The van der Waals surface area contributed by atoms with Crippen LogP contribution < -0.4 is 22.6 Å². The minimum atomic E-state index is -6.00. The Morgan fingerprint density at radius 2 is 1.50 bits per heavy atom. The topological polar surface area (TPSA) is 0 Å². The first-order valence-corrected chi connectivity index (χ1v) is 5.11. The molecule has 0 nitrogen and oxygen atoms in total. The molecule has 0 atom stereocenters. The summed E-state index contributed by atoms with van der Waals surface area (Å²) < 4.78 is 40.1. The molecule has 1 aromatic carbocycles. The van der Waals surface area contributed by atoms with Crippen LogP contribution in [0, 0.1) is 3.57 Å². The first-order chi connectivity index (χ1) is 6.20. The van der Waals surface area contributed by atoms with Crippen LogP contribution in [0.5, 0.6) is 0 Å². The molecular formula is C6H4BCl2F4I. The summed E-state index contributed by atoms with van der Waals surface area (Å²) >= 11 is 13.2. The summed E-state index contributed by atoms with van der Waals surface area (Å²) in [6.45, 7) is 0. The second-order valence-corrected chi connectivity index (χ2v) is 4.17. The van der Waals surface area contributed by atoms with Crippen LogP contribution in [-0.4, -0.2) is 7.25 Å². The van der Waals surface area contributed by atoms with E-state index in [4.69, 9.17) is 23.2 Å². The lowest BCUT2D eigenvalue weighted by Gasteiger charge is -1.94. The van der Waals surface area contributed by atoms with Crippen molar-refractivity contribution in [2.45, 2.75) is 0 Å². The van der Waals surface area contributed by atoms with Gasteiger partial charge in [0.2, 0.25) is 3.57 Å². The van der Waals surface area contributed by atoms with Crippen LogP contribution in [0.3, 0.4) is 0 Å². The van der Waals surface area contributed by atoms with Crippen LogP contribution in [0.15, 0.2) is 18.2 Å². The fourth-order valence-corrected chi connectivity index (χ4v) is 1.25. The maximum Gasteiger partial charge on any atom is 0.673 e. The van der Waals surface area contributed by atoms with Crippen LogP contribution in [0.2, 0.25) is 10.0 Å². The molecule has 0 amide bonds. The van der Waals surface area contributed by atoms with Crippen molar-refractivity contribution in [2.24, 2.45) is 0 Å². The van der Waals surface area contributed by atoms with E-state index in [0.717, 1.165) is 8.59 Å². The zero-order valence-corrected chi connectivity index (χ0v) is 10.3. The predicted octanol–water partition coefficient (Wildman–Crippen LogP) is 0.749. The molecule has 0 aliphatic rings. The van der Waals surface area contributed by atoms with Crippen molar-refractivity contribution in [3.05, 3.63) is 31.8 Å². The minimum absolute atomic E-state index is 0.687. The maximum atomic E-state index is 9.75. The molecule has 0 saturated carbocycles. The van der Waals surface area contributed by atoms with Crippen molar-refractivity contribution in [3.8, 4) is 0 Å². The molecule has 0 bridgehead atoms. The molecular weight excluding hydrogens is 357 g/mol. The van der Waals surface area contributed by atoms with E-state index < -0.39 is 7.25 Å². The van der Waals surface area contributed by atoms with Gasteiger partial charge >= 0.3 is 7.25 Å². The van der Waals surface area contributed by atoms with Crippen LogP contribution in [0.1, 0.15) is 0 Å². The fourth-order valence-electron chi connectivity index (χ4n) is 0.475. The summed E-state index contributed by atoms with van der Waals surface area (Å²) in [6, 6.07) is 5.46. The van der Waals surface area contributed by atoms with Gasteiger partial charge in [-0.1, -0.05) is 23.2 Å². The second-order valence-electron chi connectivity index (χ2n) is 2.07. The zero-order chi connectivity index (χ0) is 11.4. The van der Waals surface area contributed by atoms with Crippen LogP contribution in [0.4, 0.5) is 17.3 Å². The van der Waals surface area contributed by atoms with Crippen LogP contribution in [0.25, 0.3) is 0 Å². The van der Waals surface area contributed by atoms with E-state index in [1.165, 1.54) is 0 Å². The van der Waals surface area contributed by atoms with E-state index in [2.05, 4.69) is 0 Å². The van der Waals surface area contributed by atoms with Gasteiger partial charge in [0, 0.05) is 5.02 Å². The van der Waals surface area contributed by atoms with Crippen molar-refractivity contribution >= 4 is 30.5 Å². The summed E-state index contributed by atoms with van der Waals surface area (Å²) in [7, 11) is -6.00. The molecule has 14 heavy (non-hydrogen) atoms. The van der Waals surface area contributed by atoms with Gasteiger partial charge in [-0.05, 0) is 18.2 Å². The predicted molar refractivity (Wildman–Crippen MR) is 46.7 cm³/mol. The van der Waals surface area contributed by atoms with Crippen LogP contribution in [-0.2, 0) is 0 Å². The normalized spacial score (nSPS) is 10.5. The molecule has 80 valence electrons. The fraction of sp³-hybridized carbons (Fsp3) is 0. The Bertz CT molecular complexity index is 298. The lowest BCUT2D eigenvalue weighted by atomic mass is 10.3. The largest absolute Gasteiger partial charge is 0.673 e. The number of hydrogen-bond donors (Lipinski definition) is 0. The van der Waals surface area contributed by atoms with Gasteiger partial charge < -0.3 is 17.3 Å². The second kappa shape index (κ2) is 6.02. The number of rotatable bonds is 0. The van der Waals surface area contributed by atoms with Gasteiger partial charge in [0.05, 0.1) is 5.02 Å². The first-order valence-electron chi connectivity index (χ1n) is 3.19. The molecule has 0 unspecified atom stereocenters. The monoisotopic (exact) mass is 360 g/mol. The molecule has 0 saturated heterocycles. The lowest BCUT2D eigenvalue weighted by Crippen LogP contribution is -3.34. The Labute approximate surface area is 102 Å². The molecule has 0 aliphatic carbocycles. The standard InChI is InChI=1S/C6H4Cl2I.BF4/c7-4-1-2-6(9)5(8)3-4;2-1(3,4)5/h1-3,9H;/q+1;-1. The molecule has 1 rings (SSSR count). The molecule has 0 spiro atoms. The third-order valence-electron chi connectivity index (χ3n) is 0.894. The zero-order valence-electron chi connectivity index (χ0n) is 6.49. The van der Waals surface area contributed by atoms with Crippen molar-refractivity contribution in [3.63, 3.8) is 0 Å². The lowest BCUT2D eigenvalue weighted by molar-refractivity contribution is -0.328. The average molecular weight is 361 g/mol. The average Bonchev–Trinajstić information content (AvgIpc) is 1.94. The molecule has 8 heteroatoms. The Hall–Kier alpha value is 0.315. The Morgan fingerprint density at radius 3 is 1.79 bits per heavy atom. The SMILES string of the molecule is Clc1ccc([IH+])c(Cl)c1.F[B-](F)(F)F. The first kappa shape index (κ1) is 14.3. The summed E-state index contributed by atoms with van der Waals surface area (Å²) in [4.78, 5) is 0. The number of benzene rings is 1. The van der Waals surface area contributed by atoms with E-state index in [0.29, 0.717) is 5.02 Å². The molecule has 0 N–H and O–H groups in total. The quantitative estimate of drug-likeness (QED) is 0.277. The molecule has 0 radical (unpaired) electrons. The van der Waals surface area contributed by atoms with Gasteiger partial charge in [-0.25, -0.2) is 0 Å². The minimum Gasteiger partial charge on any atom is -0.418 e. The van der Waals surface area contributed by atoms with E-state index in [1.807, 2.05) is 34.7 Å². The molecule has 0 fully saturated rings. The third kappa shape index (κ3) is 8.89. The van der Waals surface area contributed by atoms with Crippen LogP contribution >= 0.6 is 23.2 Å². The summed E-state index contributed by atoms with van der Waals surface area (Å²) in [5, 5.41) is 1.42. The maximum absolute atomic E-state index is 9.75. The van der Waals surface area contributed by atoms with Crippen molar-refractivity contribution in [1.29, 1.82) is 0 Å². The van der Waals surface area contributed by atoms with Crippen molar-refractivity contribution in [1.82, 2.24) is 0 Å². The van der Waals surface area contributed by atoms with E-state index in [1.54, 1.807) is 6.07 Å². The van der Waals surface area contributed by atoms with Gasteiger partial charge in [0.1, 0.15) is 0 Å². The molecule has 0 aromatic heterocycles. The summed E-state index contributed by atoms with van der Waals surface area (Å²) in [5.41, 5.74) is 0. The number of halogens is 7. The van der Waals surface area contributed by atoms with Crippen molar-refractivity contribution in [2.75, 3.05) is 0 Å². The Balaban J connectivity index is 0.000000292. The highest BCUT2D eigenvalue weighted by Gasteiger charge is 2.20. The summed E-state index contributed by atoms with van der Waals surface area (Å²) in [5.74, 6) is 0. The third-order valence-corrected chi connectivity index (χ3v) is 2.81. The van der Waals surface area contributed by atoms with E-state index in [-0.39, 0.29) is 0 Å². The molecule has 1 aromatic rings. The highest BCUT2D eigenvalue weighted by Crippen LogP contribution is 2.14. The highest BCUT2D eigenvalue weighted by molar-refractivity contribution is 6.50. The molecule has 0 aliphatic heterocycles. The van der Waals surface area contributed by atoms with Crippen molar-refractivity contribution < 1.29 is 39.9 Å². The Morgan fingerprint density at radius 1 is 1.07 bits per heavy atom. The summed E-state index contributed by atoms with van der Waals surface area (Å²) in [6.07, 6.45) is 0.